The third-order valence-electron chi connectivity index (χ3n) is 4.77. The lowest BCUT2D eigenvalue weighted by Crippen LogP contribution is -2.35. The van der Waals surface area contributed by atoms with Crippen molar-refractivity contribution in [2.75, 3.05) is 26.3 Å². The van der Waals surface area contributed by atoms with Crippen LogP contribution >= 0.6 is 0 Å². The molecule has 3 aromatic rings. The van der Waals surface area contributed by atoms with Crippen LogP contribution in [-0.4, -0.2) is 46.3 Å². The van der Waals surface area contributed by atoms with Gasteiger partial charge in [0.25, 0.3) is 5.89 Å². The summed E-state index contributed by atoms with van der Waals surface area (Å²) in [4.78, 5) is 10.4. The number of morpholine rings is 1. The number of aromatic nitrogens is 3. The first-order valence-electron chi connectivity index (χ1n) is 8.35. The van der Waals surface area contributed by atoms with Crippen LogP contribution in [-0.2, 0) is 11.3 Å². The number of aryl methyl sites for hydroxylation is 3. The molecule has 24 heavy (non-hydrogen) atoms. The Hall–Kier alpha value is -2.18. The second-order valence-corrected chi connectivity index (χ2v) is 6.48. The van der Waals surface area contributed by atoms with Crippen molar-refractivity contribution in [3.8, 4) is 11.6 Å². The van der Waals surface area contributed by atoms with Crippen LogP contribution in [0.5, 0.6) is 0 Å². The number of H-pyrrole nitrogens is 1. The van der Waals surface area contributed by atoms with Crippen LogP contribution in [0.15, 0.2) is 16.7 Å². The van der Waals surface area contributed by atoms with E-state index in [-0.39, 0.29) is 0 Å². The van der Waals surface area contributed by atoms with Gasteiger partial charge in [-0.3, -0.25) is 4.90 Å². The van der Waals surface area contributed by atoms with Gasteiger partial charge in [0.2, 0.25) is 0 Å². The normalized spacial score (nSPS) is 16.1. The van der Waals surface area contributed by atoms with Gasteiger partial charge >= 0.3 is 0 Å². The summed E-state index contributed by atoms with van der Waals surface area (Å²) in [5.41, 5.74) is 5.70. The minimum atomic E-state index is 0.561. The monoisotopic (exact) mass is 326 g/mol. The van der Waals surface area contributed by atoms with Crippen molar-refractivity contribution < 1.29 is 9.26 Å². The Balaban J connectivity index is 1.67. The first kappa shape index (κ1) is 15.4. The topological polar surface area (TPSA) is 67.2 Å². The number of nitrogens with one attached hydrogen (secondary N) is 1. The average Bonchev–Trinajstić information content (AvgIpc) is 3.17. The highest BCUT2D eigenvalue weighted by Gasteiger charge is 2.19. The zero-order chi connectivity index (χ0) is 16.7. The van der Waals surface area contributed by atoms with E-state index in [0.717, 1.165) is 48.9 Å². The molecular weight excluding hydrogens is 304 g/mol. The van der Waals surface area contributed by atoms with Crippen molar-refractivity contribution in [1.82, 2.24) is 20.0 Å². The highest BCUT2D eigenvalue weighted by molar-refractivity contribution is 5.93. The number of hydrogen-bond acceptors (Lipinski definition) is 5. The number of benzene rings is 1. The Labute approximate surface area is 140 Å². The molecule has 0 atom stereocenters. The smallest absolute Gasteiger partial charge is 0.274 e. The number of nitrogens with zero attached hydrogens (tertiary/aromatic N) is 3. The maximum absolute atomic E-state index is 5.53. The Kier molecular flexibility index (Phi) is 3.86. The van der Waals surface area contributed by atoms with Gasteiger partial charge in [-0.25, -0.2) is 0 Å². The van der Waals surface area contributed by atoms with Gasteiger partial charge in [0.15, 0.2) is 5.82 Å². The fraction of sp³-hybridized carbons (Fsp3) is 0.444. The minimum absolute atomic E-state index is 0.561. The molecule has 0 amide bonds. The van der Waals surface area contributed by atoms with Crippen LogP contribution in [0.3, 0.4) is 0 Å². The van der Waals surface area contributed by atoms with Gasteiger partial charge in [-0.1, -0.05) is 17.3 Å². The van der Waals surface area contributed by atoms with E-state index in [2.05, 4.69) is 52.9 Å². The summed E-state index contributed by atoms with van der Waals surface area (Å²) < 4.78 is 10.9. The molecule has 0 bridgehead atoms. The number of hydrogen-bond donors (Lipinski definition) is 1. The third kappa shape index (κ3) is 2.61. The second kappa shape index (κ2) is 6.03. The van der Waals surface area contributed by atoms with Gasteiger partial charge < -0.3 is 14.2 Å². The van der Waals surface area contributed by atoms with Crippen LogP contribution in [0.4, 0.5) is 0 Å². The lowest BCUT2D eigenvalue weighted by atomic mass is 10.0. The largest absolute Gasteiger partial charge is 0.379 e. The van der Waals surface area contributed by atoms with Gasteiger partial charge in [-0.05, 0) is 37.5 Å². The van der Waals surface area contributed by atoms with E-state index in [1.54, 1.807) is 0 Å². The number of fused-ring (bicyclic) bond motifs is 1. The van der Waals surface area contributed by atoms with E-state index >= 15 is 0 Å². The lowest BCUT2D eigenvalue weighted by molar-refractivity contribution is 0.0327. The number of rotatable bonds is 3. The highest BCUT2D eigenvalue weighted by atomic mass is 16.5. The van der Waals surface area contributed by atoms with Crippen LogP contribution in [0.25, 0.3) is 22.5 Å². The van der Waals surface area contributed by atoms with Crippen molar-refractivity contribution in [2.45, 2.75) is 27.3 Å². The predicted molar refractivity (Wildman–Crippen MR) is 91.9 cm³/mol. The van der Waals surface area contributed by atoms with Crippen molar-refractivity contribution >= 4 is 10.9 Å². The molecule has 6 heteroatoms. The maximum atomic E-state index is 5.53. The standard InChI is InChI=1S/C18H22N4O2/c1-11-4-5-12(2)16-15(11)13(3)17(20-16)18-19-14(21-24-18)10-22-6-8-23-9-7-22/h4-5,20H,6-10H2,1-3H3. The van der Waals surface area contributed by atoms with E-state index in [4.69, 9.17) is 9.26 Å². The van der Waals surface area contributed by atoms with E-state index < -0.39 is 0 Å². The van der Waals surface area contributed by atoms with Crippen LogP contribution in [0.1, 0.15) is 22.5 Å². The second-order valence-electron chi connectivity index (χ2n) is 6.48. The van der Waals surface area contributed by atoms with Gasteiger partial charge in [0.1, 0.15) is 5.69 Å². The van der Waals surface area contributed by atoms with Crippen molar-refractivity contribution in [1.29, 1.82) is 0 Å². The molecule has 1 aliphatic rings. The van der Waals surface area contributed by atoms with Crippen LogP contribution in [0, 0.1) is 20.8 Å². The Bertz CT molecular complexity index is 875. The summed E-state index contributed by atoms with van der Waals surface area (Å²) in [5, 5.41) is 5.40. The fourth-order valence-corrected chi connectivity index (χ4v) is 3.39. The molecule has 4 rings (SSSR count). The van der Waals surface area contributed by atoms with E-state index in [1.807, 2.05) is 0 Å². The molecule has 1 aliphatic heterocycles. The van der Waals surface area contributed by atoms with Crippen molar-refractivity contribution in [2.24, 2.45) is 0 Å². The molecule has 1 fully saturated rings. The molecule has 0 radical (unpaired) electrons. The average molecular weight is 326 g/mol. The summed E-state index contributed by atoms with van der Waals surface area (Å²) in [6, 6.07) is 4.29. The fourth-order valence-electron chi connectivity index (χ4n) is 3.39. The molecule has 0 unspecified atom stereocenters. The summed E-state index contributed by atoms with van der Waals surface area (Å²) in [5.74, 6) is 1.28. The summed E-state index contributed by atoms with van der Waals surface area (Å²) in [6.07, 6.45) is 0. The maximum Gasteiger partial charge on any atom is 0.274 e. The molecule has 1 aromatic carbocycles. The zero-order valence-electron chi connectivity index (χ0n) is 14.3. The van der Waals surface area contributed by atoms with E-state index in [0.29, 0.717) is 12.4 Å². The first-order valence-corrected chi connectivity index (χ1v) is 8.35. The number of ether oxygens (including phenoxy) is 1. The molecule has 1 saturated heterocycles. The molecule has 126 valence electrons. The molecule has 0 aliphatic carbocycles. The van der Waals surface area contributed by atoms with Crippen LogP contribution in [0.2, 0.25) is 0 Å². The van der Waals surface area contributed by atoms with Crippen molar-refractivity contribution in [3.63, 3.8) is 0 Å². The Morgan fingerprint density at radius 2 is 1.88 bits per heavy atom. The quantitative estimate of drug-likeness (QED) is 0.801. The summed E-state index contributed by atoms with van der Waals surface area (Å²) in [7, 11) is 0. The molecule has 0 spiro atoms. The first-order chi connectivity index (χ1) is 11.6. The zero-order valence-corrected chi connectivity index (χ0v) is 14.3. The van der Waals surface area contributed by atoms with Gasteiger partial charge in [-0.15, -0.1) is 0 Å². The molecule has 6 nitrogen and oxygen atoms in total. The lowest BCUT2D eigenvalue weighted by Gasteiger charge is -2.24. The van der Waals surface area contributed by atoms with Crippen molar-refractivity contribution in [3.05, 3.63) is 34.6 Å². The Morgan fingerprint density at radius 3 is 2.62 bits per heavy atom. The van der Waals surface area contributed by atoms with Gasteiger partial charge in [-0.2, -0.15) is 4.98 Å². The molecule has 2 aromatic heterocycles. The third-order valence-corrected chi connectivity index (χ3v) is 4.77. The minimum Gasteiger partial charge on any atom is -0.379 e. The summed E-state index contributed by atoms with van der Waals surface area (Å²) >= 11 is 0. The molecule has 1 N–H and O–H groups in total. The van der Waals surface area contributed by atoms with E-state index in [1.165, 1.54) is 16.5 Å². The van der Waals surface area contributed by atoms with Gasteiger partial charge in [0, 0.05) is 24.0 Å². The Morgan fingerprint density at radius 1 is 1.12 bits per heavy atom. The molecular formula is C18H22N4O2. The predicted octanol–water partition coefficient (Wildman–Crippen LogP) is 2.98. The van der Waals surface area contributed by atoms with E-state index in [9.17, 15) is 0 Å². The summed E-state index contributed by atoms with van der Waals surface area (Å²) in [6.45, 7) is 10.4. The number of aromatic amines is 1. The highest BCUT2D eigenvalue weighted by Crippen LogP contribution is 2.32. The van der Waals surface area contributed by atoms with Gasteiger partial charge in [0.05, 0.1) is 19.8 Å². The SMILES string of the molecule is Cc1ccc(C)c2c(C)c(-c3nc(CN4CCOCC4)no3)[nH]c12. The van der Waals surface area contributed by atoms with Crippen LogP contribution < -0.4 is 0 Å². The molecule has 0 saturated carbocycles. The molecule has 3 heterocycles.